The van der Waals surface area contributed by atoms with Crippen molar-refractivity contribution in [2.24, 2.45) is 0 Å². The minimum absolute atomic E-state index is 0.355. The quantitative estimate of drug-likeness (QED) is 0.750. The van der Waals surface area contributed by atoms with Crippen LogP contribution in [0.5, 0.6) is 0 Å². The van der Waals surface area contributed by atoms with Gasteiger partial charge >= 0.3 is 5.97 Å². The lowest BCUT2D eigenvalue weighted by Gasteiger charge is -2.03. The Morgan fingerprint density at radius 2 is 2.54 bits per heavy atom. The summed E-state index contributed by atoms with van der Waals surface area (Å²) in [6.07, 6.45) is 0.718. The first-order valence-corrected chi connectivity index (χ1v) is 5.15. The second kappa shape index (κ2) is 3.47. The zero-order valence-electron chi connectivity index (χ0n) is 7.06. The Morgan fingerprint density at radius 3 is 3.08 bits per heavy atom. The van der Waals surface area contributed by atoms with Crippen LogP contribution in [0.25, 0.3) is 0 Å². The summed E-state index contributed by atoms with van der Waals surface area (Å²) in [5, 5.41) is 13.8. The molecular weight excluding hydrogens is 186 g/mol. The Morgan fingerprint density at radius 1 is 1.69 bits per heavy atom. The summed E-state index contributed by atoms with van der Waals surface area (Å²) in [6, 6.07) is 3.72. The van der Waals surface area contributed by atoms with E-state index in [0.717, 1.165) is 13.0 Å². The van der Waals surface area contributed by atoms with Crippen molar-refractivity contribution in [1.29, 1.82) is 0 Å². The number of thiophene rings is 1. The van der Waals surface area contributed by atoms with Crippen LogP contribution in [-0.2, 0) is 4.79 Å². The number of aliphatic carboxylic acids is 1. The lowest BCUT2D eigenvalue weighted by Crippen LogP contribution is -2.29. The highest BCUT2D eigenvalue weighted by Crippen LogP contribution is 2.28. The normalized spacial score (nSPS) is 27.7. The summed E-state index contributed by atoms with van der Waals surface area (Å²) in [6.45, 7) is 0.789. The van der Waals surface area contributed by atoms with E-state index >= 15 is 0 Å². The SMILES string of the molecule is O=C(O)[C@@H]1CC(c2cccs2)CN1. The molecule has 3 nitrogen and oxygen atoms in total. The van der Waals surface area contributed by atoms with Crippen LogP contribution in [0.1, 0.15) is 17.2 Å². The van der Waals surface area contributed by atoms with E-state index in [4.69, 9.17) is 5.11 Å². The maximum atomic E-state index is 10.7. The first kappa shape index (κ1) is 8.72. The third-order valence-corrected chi connectivity index (χ3v) is 3.41. The molecule has 0 radical (unpaired) electrons. The van der Waals surface area contributed by atoms with Gasteiger partial charge in [-0.3, -0.25) is 4.79 Å². The molecule has 1 aromatic rings. The molecular formula is C9H11NO2S. The molecule has 0 saturated carbocycles. The van der Waals surface area contributed by atoms with Gasteiger partial charge in [0.1, 0.15) is 6.04 Å². The van der Waals surface area contributed by atoms with Crippen molar-refractivity contribution in [3.8, 4) is 0 Å². The highest BCUT2D eigenvalue weighted by atomic mass is 32.1. The van der Waals surface area contributed by atoms with E-state index in [-0.39, 0.29) is 6.04 Å². The van der Waals surface area contributed by atoms with Crippen LogP contribution in [0.4, 0.5) is 0 Å². The Labute approximate surface area is 80.4 Å². The van der Waals surface area contributed by atoms with E-state index in [1.165, 1.54) is 4.88 Å². The van der Waals surface area contributed by atoms with E-state index < -0.39 is 5.97 Å². The molecule has 1 unspecified atom stereocenters. The Bertz CT molecular complexity index is 297. The molecule has 1 fully saturated rings. The molecule has 4 heteroatoms. The fourth-order valence-corrected chi connectivity index (χ4v) is 2.51. The maximum absolute atomic E-state index is 10.7. The van der Waals surface area contributed by atoms with Gasteiger partial charge < -0.3 is 10.4 Å². The molecule has 0 aromatic carbocycles. The van der Waals surface area contributed by atoms with Crippen LogP contribution < -0.4 is 5.32 Å². The van der Waals surface area contributed by atoms with Gasteiger partial charge in [0.05, 0.1) is 0 Å². The van der Waals surface area contributed by atoms with Crippen LogP contribution in [0.3, 0.4) is 0 Å². The van der Waals surface area contributed by atoms with Crippen LogP contribution in [-0.4, -0.2) is 23.7 Å². The van der Waals surface area contributed by atoms with Crippen molar-refractivity contribution in [1.82, 2.24) is 5.32 Å². The van der Waals surface area contributed by atoms with Gasteiger partial charge in [0.2, 0.25) is 0 Å². The second-order valence-electron chi connectivity index (χ2n) is 3.25. The molecule has 0 aliphatic carbocycles. The van der Waals surface area contributed by atoms with Gasteiger partial charge in [0.15, 0.2) is 0 Å². The molecule has 2 atom stereocenters. The van der Waals surface area contributed by atoms with E-state index in [1.807, 2.05) is 11.4 Å². The second-order valence-corrected chi connectivity index (χ2v) is 4.23. The van der Waals surface area contributed by atoms with E-state index in [2.05, 4.69) is 11.4 Å². The fourth-order valence-electron chi connectivity index (χ4n) is 1.66. The first-order valence-electron chi connectivity index (χ1n) is 4.27. The van der Waals surface area contributed by atoms with Crippen LogP contribution in [0.2, 0.25) is 0 Å². The molecule has 2 heterocycles. The summed E-state index contributed by atoms with van der Waals surface area (Å²) in [5.41, 5.74) is 0. The molecule has 1 saturated heterocycles. The molecule has 2 N–H and O–H groups in total. The number of carbonyl (C=O) groups is 1. The summed E-state index contributed by atoms with van der Waals surface area (Å²) >= 11 is 1.70. The van der Waals surface area contributed by atoms with Crippen molar-refractivity contribution in [3.05, 3.63) is 22.4 Å². The van der Waals surface area contributed by atoms with Crippen LogP contribution in [0.15, 0.2) is 17.5 Å². The monoisotopic (exact) mass is 197 g/mol. The molecule has 0 spiro atoms. The zero-order chi connectivity index (χ0) is 9.26. The third-order valence-electron chi connectivity index (χ3n) is 2.37. The average molecular weight is 197 g/mol. The maximum Gasteiger partial charge on any atom is 0.320 e. The fraction of sp³-hybridized carbons (Fsp3) is 0.444. The number of hydrogen-bond acceptors (Lipinski definition) is 3. The molecule has 0 amide bonds. The number of carboxylic acids is 1. The Hall–Kier alpha value is -0.870. The van der Waals surface area contributed by atoms with Gasteiger partial charge in [-0.1, -0.05) is 6.07 Å². The van der Waals surface area contributed by atoms with Crippen molar-refractivity contribution >= 4 is 17.3 Å². The minimum atomic E-state index is -0.737. The largest absolute Gasteiger partial charge is 0.480 e. The van der Waals surface area contributed by atoms with Gasteiger partial charge in [-0.2, -0.15) is 0 Å². The van der Waals surface area contributed by atoms with Gasteiger partial charge in [-0.15, -0.1) is 11.3 Å². The molecule has 2 rings (SSSR count). The van der Waals surface area contributed by atoms with E-state index in [1.54, 1.807) is 11.3 Å². The van der Waals surface area contributed by atoms with Gasteiger partial charge in [-0.25, -0.2) is 0 Å². The first-order chi connectivity index (χ1) is 6.27. The molecule has 70 valence electrons. The number of rotatable bonds is 2. The number of hydrogen-bond donors (Lipinski definition) is 2. The van der Waals surface area contributed by atoms with Crippen LogP contribution in [0, 0.1) is 0 Å². The summed E-state index contributed by atoms with van der Waals surface area (Å²) in [4.78, 5) is 11.9. The van der Waals surface area contributed by atoms with Crippen LogP contribution >= 0.6 is 11.3 Å². The Kier molecular flexibility index (Phi) is 2.33. The van der Waals surface area contributed by atoms with Gasteiger partial charge in [-0.05, 0) is 17.9 Å². The molecule has 13 heavy (non-hydrogen) atoms. The van der Waals surface area contributed by atoms with Gasteiger partial charge in [0, 0.05) is 17.3 Å². The lowest BCUT2D eigenvalue weighted by atomic mass is 10.0. The lowest BCUT2D eigenvalue weighted by molar-refractivity contribution is -0.139. The molecule has 1 aromatic heterocycles. The summed E-state index contributed by atoms with van der Waals surface area (Å²) in [7, 11) is 0. The zero-order valence-corrected chi connectivity index (χ0v) is 7.88. The summed E-state index contributed by atoms with van der Waals surface area (Å²) in [5.74, 6) is -0.347. The predicted octanol–water partition coefficient (Wildman–Crippen LogP) is 1.28. The topological polar surface area (TPSA) is 49.3 Å². The van der Waals surface area contributed by atoms with Crippen molar-refractivity contribution in [2.45, 2.75) is 18.4 Å². The standard InChI is InChI=1S/C9H11NO2S/c11-9(12)7-4-6(5-10-7)8-2-1-3-13-8/h1-3,6-7,10H,4-5H2,(H,11,12)/t6?,7-/m0/s1. The third kappa shape index (κ3) is 1.73. The predicted molar refractivity (Wildman–Crippen MR) is 51.1 cm³/mol. The van der Waals surface area contributed by atoms with Crippen molar-refractivity contribution in [3.63, 3.8) is 0 Å². The average Bonchev–Trinajstić information content (AvgIpc) is 2.75. The smallest absolute Gasteiger partial charge is 0.320 e. The van der Waals surface area contributed by atoms with E-state index in [0.29, 0.717) is 5.92 Å². The molecule has 1 aliphatic heterocycles. The number of carboxylic acid groups (broad SMARTS) is 1. The van der Waals surface area contributed by atoms with Gasteiger partial charge in [0.25, 0.3) is 0 Å². The van der Waals surface area contributed by atoms with Crippen molar-refractivity contribution in [2.75, 3.05) is 6.54 Å². The molecule has 0 bridgehead atoms. The van der Waals surface area contributed by atoms with E-state index in [9.17, 15) is 4.79 Å². The minimum Gasteiger partial charge on any atom is -0.480 e. The molecule has 1 aliphatic rings. The summed E-state index contributed by atoms with van der Waals surface area (Å²) < 4.78 is 0. The highest BCUT2D eigenvalue weighted by Gasteiger charge is 2.30. The number of nitrogens with one attached hydrogen (secondary N) is 1. The Balaban J connectivity index is 2.03. The highest BCUT2D eigenvalue weighted by molar-refractivity contribution is 7.10. The van der Waals surface area contributed by atoms with Crippen molar-refractivity contribution < 1.29 is 9.90 Å².